The van der Waals surface area contributed by atoms with Gasteiger partial charge in [-0.1, -0.05) is 0 Å². The highest BCUT2D eigenvalue weighted by molar-refractivity contribution is 5.82. The number of hydrogen-bond acceptors (Lipinski definition) is 4. The van der Waals surface area contributed by atoms with Gasteiger partial charge in [0.1, 0.15) is 11.5 Å². The molecule has 0 atom stereocenters. The van der Waals surface area contributed by atoms with Crippen LogP contribution in [0.2, 0.25) is 0 Å². The van der Waals surface area contributed by atoms with E-state index in [-0.39, 0.29) is 23.8 Å². The van der Waals surface area contributed by atoms with Crippen LogP contribution in [0, 0.1) is 28.3 Å². The first kappa shape index (κ1) is 15.9. The highest BCUT2D eigenvalue weighted by atomic mass is 19.1. The average Bonchev–Trinajstić information content (AvgIpc) is 2.38. The van der Waals surface area contributed by atoms with E-state index in [0.29, 0.717) is 5.56 Å². The monoisotopic (exact) mass is 283 g/mol. The number of carbonyl (C=O) groups excluding carboxylic acids is 1. The first-order valence-corrected chi connectivity index (χ1v) is 6.09. The first-order valence-electron chi connectivity index (χ1n) is 6.09. The van der Waals surface area contributed by atoms with Crippen molar-refractivity contribution in [2.45, 2.75) is 20.8 Å². The normalized spacial score (nSPS) is 11.1. The predicted molar refractivity (Wildman–Crippen MR) is 74.1 cm³/mol. The number of nitro benzene ring substituents is 1. The molecule has 0 radical (unpaired) electrons. The van der Waals surface area contributed by atoms with Crippen molar-refractivity contribution in [3.63, 3.8) is 0 Å². The van der Waals surface area contributed by atoms with Gasteiger partial charge in [-0.2, -0.15) is 0 Å². The van der Waals surface area contributed by atoms with E-state index in [0.717, 1.165) is 6.07 Å². The molecule has 0 heterocycles. The van der Waals surface area contributed by atoms with Crippen molar-refractivity contribution in [1.82, 2.24) is 5.32 Å². The number of carbonyl (C=O) groups is 1. The molecule has 0 unspecified atom stereocenters. The second-order valence-electron chi connectivity index (χ2n) is 5.19. The molecule has 0 saturated heterocycles. The van der Waals surface area contributed by atoms with E-state index >= 15 is 0 Å². The zero-order chi connectivity index (χ0) is 15.5. The molecular weight excluding hydrogens is 265 g/mol. The number of benzene rings is 1. The van der Waals surface area contributed by atoms with Gasteiger partial charge in [-0.3, -0.25) is 14.9 Å². The third-order valence-electron chi connectivity index (χ3n) is 3.04. The minimum absolute atomic E-state index is 0.188. The van der Waals surface area contributed by atoms with Gasteiger partial charge in [-0.25, -0.2) is 4.39 Å². The van der Waals surface area contributed by atoms with Gasteiger partial charge in [0.15, 0.2) is 0 Å². The second kappa shape index (κ2) is 5.85. The molecule has 0 aliphatic heterocycles. The fourth-order valence-electron chi connectivity index (χ4n) is 1.70. The molecule has 0 saturated carbocycles. The second-order valence-corrected chi connectivity index (χ2v) is 5.19. The summed E-state index contributed by atoms with van der Waals surface area (Å²) in [6.07, 6.45) is 0. The number of rotatable bonds is 5. The third kappa shape index (κ3) is 3.43. The van der Waals surface area contributed by atoms with Gasteiger partial charge in [-0.15, -0.1) is 0 Å². The molecule has 0 spiro atoms. The molecule has 1 aromatic carbocycles. The Balaban J connectivity index is 3.01. The van der Waals surface area contributed by atoms with E-state index in [9.17, 15) is 19.3 Å². The molecule has 20 heavy (non-hydrogen) atoms. The van der Waals surface area contributed by atoms with Crippen LogP contribution in [0.15, 0.2) is 12.1 Å². The van der Waals surface area contributed by atoms with Gasteiger partial charge in [0, 0.05) is 13.6 Å². The fourth-order valence-corrected chi connectivity index (χ4v) is 1.70. The Morgan fingerprint density at radius 2 is 2.05 bits per heavy atom. The van der Waals surface area contributed by atoms with Gasteiger partial charge < -0.3 is 10.6 Å². The van der Waals surface area contributed by atoms with E-state index in [1.165, 1.54) is 20.0 Å². The topological polar surface area (TPSA) is 84.3 Å². The van der Waals surface area contributed by atoms with E-state index in [4.69, 9.17) is 0 Å². The van der Waals surface area contributed by atoms with Crippen molar-refractivity contribution < 1.29 is 14.1 Å². The Hall–Kier alpha value is -2.18. The Kier molecular flexibility index (Phi) is 4.65. The standard InChI is InChI=1S/C13H18FN3O3/c1-8-5-10(11(17(19)20)6-9(8)14)16-7-13(2,3)12(18)15-4/h5-6,16H,7H2,1-4H3,(H,15,18). The van der Waals surface area contributed by atoms with E-state index < -0.39 is 16.2 Å². The average molecular weight is 283 g/mol. The summed E-state index contributed by atoms with van der Waals surface area (Å²) < 4.78 is 13.4. The van der Waals surface area contributed by atoms with Crippen LogP contribution < -0.4 is 10.6 Å². The molecule has 7 heteroatoms. The van der Waals surface area contributed by atoms with Crippen molar-refractivity contribution in [3.05, 3.63) is 33.6 Å². The zero-order valence-corrected chi connectivity index (χ0v) is 11.9. The van der Waals surface area contributed by atoms with Crippen LogP contribution in [0.3, 0.4) is 0 Å². The van der Waals surface area contributed by atoms with Crippen LogP contribution in [0.4, 0.5) is 15.8 Å². The molecule has 0 aromatic heterocycles. The first-order chi connectivity index (χ1) is 9.19. The van der Waals surface area contributed by atoms with Crippen molar-refractivity contribution in [3.8, 4) is 0 Å². The maximum Gasteiger partial charge on any atom is 0.295 e. The van der Waals surface area contributed by atoms with Crippen molar-refractivity contribution in [2.24, 2.45) is 5.41 Å². The number of nitro groups is 1. The highest BCUT2D eigenvalue weighted by Crippen LogP contribution is 2.28. The van der Waals surface area contributed by atoms with Crippen molar-refractivity contribution >= 4 is 17.3 Å². The van der Waals surface area contributed by atoms with E-state index in [1.54, 1.807) is 13.8 Å². The SMILES string of the molecule is CNC(=O)C(C)(C)CNc1cc(C)c(F)cc1[N+](=O)[O-]. The molecule has 6 nitrogen and oxygen atoms in total. The van der Waals surface area contributed by atoms with Crippen molar-refractivity contribution in [2.75, 3.05) is 18.9 Å². The molecule has 110 valence electrons. The molecule has 0 bridgehead atoms. The fraction of sp³-hybridized carbons (Fsp3) is 0.462. The lowest BCUT2D eigenvalue weighted by molar-refractivity contribution is -0.384. The summed E-state index contributed by atoms with van der Waals surface area (Å²) in [5.41, 5.74) is -0.590. The smallest absolute Gasteiger partial charge is 0.295 e. The van der Waals surface area contributed by atoms with Crippen LogP contribution in [-0.4, -0.2) is 24.4 Å². The van der Waals surface area contributed by atoms with Gasteiger partial charge in [0.05, 0.1) is 16.4 Å². The van der Waals surface area contributed by atoms with Crippen LogP contribution in [0.5, 0.6) is 0 Å². The molecule has 0 aliphatic carbocycles. The summed E-state index contributed by atoms with van der Waals surface area (Å²) in [7, 11) is 1.52. The number of halogens is 1. The zero-order valence-electron chi connectivity index (χ0n) is 11.9. The maximum absolute atomic E-state index is 13.4. The summed E-state index contributed by atoms with van der Waals surface area (Å²) >= 11 is 0. The largest absolute Gasteiger partial charge is 0.378 e. The Labute approximate surface area is 116 Å². The summed E-state index contributed by atoms with van der Waals surface area (Å²) in [5, 5.41) is 16.3. The number of anilines is 1. The van der Waals surface area contributed by atoms with Gasteiger partial charge in [0.25, 0.3) is 5.69 Å². The van der Waals surface area contributed by atoms with Crippen LogP contribution in [-0.2, 0) is 4.79 Å². The Morgan fingerprint density at radius 1 is 1.45 bits per heavy atom. The van der Waals surface area contributed by atoms with Crippen LogP contribution in [0.1, 0.15) is 19.4 Å². The summed E-state index contributed by atoms with van der Waals surface area (Å²) in [6.45, 7) is 5.13. The van der Waals surface area contributed by atoms with Crippen LogP contribution in [0.25, 0.3) is 0 Å². The van der Waals surface area contributed by atoms with Crippen molar-refractivity contribution in [1.29, 1.82) is 0 Å². The molecule has 1 amide bonds. The lowest BCUT2D eigenvalue weighted by Crippen LogP contribution is -2.39. The molecule has 0 fully saturated rings. The maximum atomic E-state index is 13.4. The van der Waals surface area contributed by atoms with E-state index in [2.05, 4.69) is 10.6 Å². The lowest BCUT2D eigenvalue weighted by Gasteiger charge is -2.23. The van der Waals surface area contributed by atoms with Crippen LogP contribution >= 0.6 is 0 Å². The van der Waals surface area contributed by atoms with E-state index in [1.807, 2.05) is 0 Å². The molecule has 0 aliphatic rings. The number of hydrogen-bond donors (Lipinski definition) is 2. The lowest BCUT2D eigenvalue weighted by atomic mass is 9.92. The minimum atomic E-state index is -0.745. The van der Waals surface area contributed by atoms with Gasteiger partial charge >= 0.3 is 0 Å². The number of amides is 1. The quantitative estimate of drug-likeness (QED) is 0.641. The molecule has 2 N–H and O–H groups in total. The summed E-state index contributed by atoms with van der Waals surface area (Å²) in [6, 6.07) is 2.25. The third-order valence-corrected chi connectivity index (χ3v) is 3.04. The molecular formula is C13H18FN3O3. The number of aryl methyl sites for hydroxylation is 1. The Bertz CT molecular complexity index is 544. The van der Waals surface area contributed by atoms with Gasteiger partial charge in [-0.05, 0) is 32.4 Å². The van der Waals surface area contributed by atoms with Gasteiger partial charge in [0.2, 0.25) is 5.91 Å². The minimum Gasteiger partial charge on any atom is -0.378 e. The predicted octanol–water partition coefficient (Wildman–Crippen LogP) is 2.23. The molecule has 1 rings (SSSR count). The number of nitrogens with one attached hydrogen (secondary N) is 2. The Morgan fingerprint density at radius 3 is 2.55 bits per heavy atom. The number of nitrogens with zero attached hydrogens (tertiary/aromatic N) is 1. The molecule has 1 aromatic rings. The highest BCUT2D eigenvalue weighted by Gasteiger charge is 2.27. The summed E-state index contributed by atoms with van der Waals surface area (Å²) in [5.74, 6) is -0.820. The summed E-state index contributed by atoms with van der Waals surface area (Å²) in [4.78, 5) is 21.9.